The minimum atomic E-state index is -0.638. The van der Waals surface area contributed by atoms with Crippen molar-refractivity contribution in [2.45, 2.75) is 6.92 Å². The number of anilines is 1. The van der Waals surface area contributed by atoms with E-state index in [0.29, 0.717) is 25.1 Å². The highest BCUT2D eigenvalue weighted by Gasteiger charge is 2.25. The third-order valence-corrected chi connectivity index (χ3v) is 5.79. The molecule has 0 spiro atoms. The van der Waals surface area contributed by atoms with Gasteiger partial charge in [-0.1, -0.05) is 24.3 Å². The van der Waals surface area contributed by atoms with Crippen LogP contribution >= 0.6 is 38.9 Å². The van der Waals surface area contributed by atoms with Crippen LogP contribution in [0.4, 0.5) is 5.00 Å². The van der Waals surface area contributed by atoms with Crippen molar-refractivity contribution in [1.29, 1.82) is 0 Å². The number of benzene rings is 2. The highest BCUT2D eigenvalue weighted by molar-refractivity contribution is 9.10. The van der Waals surface area contributed by atoms with Gasteiger partial charge >= 0.3 is 11.9 Å². The molecule has 3 aromatic rings. The first kappa shape index (κ1) is 21.3. The molecule has 2 aromatic carbocycles. The van der Waals surface area contributed by atoms with Crippen molar-refractivity contribution in [3.05, 3.63) is 58.1 Å². The predicted octanol–water partition coefficient (Wildman–Crippen LogP) is 5.24. The van der Waals surface area contributed by atoms with Gasteiger partial charge in [0.1, 0.15) is 16.4 Å². The summed E-state index contributed by atoms with van der Waals surface area (Å²) in [5, 5.41) is 3.56. The number of carbonyl (C=O) groups is 3. The van der Waals surface area contributed by atoms with Gasteiger partial charge in [0.05, 0.1) is 15.8 Å². The second-order valence-electron chi connectivity index (χ2n) is 5.71. The van der Waals surface area contributed by atoms with Crippen LogP contribution in [0, 0.1) is 0 Å². The maximum absolute atomic E-state index is 12.6. The van der Waals surface area contributed by atoms with Gasteiger partial charge in [-0.05, 0) is 41.1 Å². The average Bonchev–Trinajstić information content (AvgIpc) is 3.09. The largest absolute Gasteiger partial charge is 0.462 e. The minimum absolute atomic E-state index is 0.173. The Morgan fingerprint density at radius 2 is 1.86 bits per heavy atom. The van der Waals surface area contributed by atoms with E-state index in [1.807, 2.05) is 0 Å². The quantitative estimate of drug-likeness (QED) is 0.287. The fraction of sp³-hybridized carbons (Fsp3) is 0.150. The van der Waals surface area contributed by atoms with Gasteiger partial charge in [0, 0.05) is 10.9 Å². The second kappa shape index (κ2) is 9.39. The van der Waals surface area contributed by atoms with Gasteiger partial charge in [0.15, 0.2) is 5.75 Å². The monoisotopic (exact) mass is 495 g/mol. The molecule has 1 amide bonds. The van der Waals surface area contributed by atoms with Crippen LogP contribution in [0.1, 0.15) is 27.6 Å². The fourth-order valence-corrected chi connectivity index (χ4v) is 4.37. The molecule has 0 fully saturated rings. The van der Waals surface area contributed by atoms with Crippen molar-refractivity contribution in [3.63, 3.8) is 0 Å². The van der Waals surface area contributed by atoms with E-state index >= 15 is 0 Å². The first-order valence-electron chi connectivity index (χ1n) is 8.51. The summed E-state index contributed by atoms with van der Waals surface area (Å²) in [5.74, 6) is -1.69. The Kier molecular flexibility index (Phi) is 6.89. The number of hydrogen-bond acceptors (Lipinski definition) is 6. The SMILES string of the molecule is CCOC(=O)c1c(NC(=O)c2ccccc2)sc2c(OC(=O)CCl)c(Br)ccc12. The number of halogens is 2. The maximum Gasteiger partial charge on any atom is 0.341 e. The molecule has 0 aliphatic rings. The third-order valence-electron chi connectivity index (χ3n) is 3.83. The number of thiophene rings is 1. The van der Waals surface area contributed by atoms with Gasteiger partial charge in [-0.25, -0.2) is 4.79 Å². The summed E-state index contributed by atoms with van der Waals surface area (Å²) >= 11 is 10.0. The van der Waals surface area contributed by atoms with E-state index in [-0.39, 0.29) is 29.7 Å². The van der Waals surface area contributed by atoms with E-state index in [2.05, 4.69) is 21.2 Å². The van der Waals surface area contributed by atoms with Crippen LogP contribution in [0.25, 0.3) is 10.1 Å². The minimum Gasteiger partial charge on any atom is -0.462 e. The summed E-state index contributed by atoms with van der Waals surface area (Å²) in [6, 6.07) is 12.0. The lowest BCUT2D eigenvalue weighted by atomic mass is 10.1. The summed E-state index contributed by atoms with van der Waals surface area (Å²) in [6.07, 6.45) is 0. The molecule has 0 unspecified atom stereocenters. The molecule has 0 bridgehead atoms. The van der Waals surface area contributed by atoms with Gasteiger partial charge in [0.25, 0.3) is 5.91 Å². The standard InChI is InChI=1S/C20H15BrClNO5S/c1-2-27-20(26)15-12-8-9-13(21)16(28-14(24)10-22)17(12)29-19(15)23-18(25)11-6-4-3-5-7-11/h3-9H,2,10H2,1H3,(H,23,25). The van der Waals surface area contributed by atoms with E-state index < -0.39 is 11.9 Å². The molecule has 0 radical (unpaired) electrons. The molecule has 3 rings (SSSR count). The predicted molar refractivity (Wildman–Crippen MR) is 116 cm³/mol. The zero-order valence-electron chi connectivity index (χ0n) is 15.2. The Morgan fingerprint density at radius 1 is 1.14 bits per heavy atom. The first-order chi connectivity index (χ1) is 14.0. The van der Waals surface area contributed by atoms with Crippen LogP contribution in [-0.4, -0.2) is 30.3 Å². The number of fused-ring (bicyclic) bond motifs is 1. The summed E-state index contributed by atoms with van der Waals surface area (Å²) < 4.78 is 11.5. The molecule has 1 N–H and O–H groups in total. The lowest BCUT2D eigenvalue weighted by molar-refractivity contribution is -0.131. The number of nitrogens with one attached hydrogen (secondary N) is 1. The maximum atomic E-state index is 12.6. The number of hydrogen-bond donors (Lipinski definition) is 1. The first-order valence-corrected chi connectivity index (χ1v) is 10.7. The van der Waals surface area contributed by atoms with Crippen molar-refractivity contribution in [1.82, 2.24) is 0 Å². The molecule has 0 saturated heterocycles. The van der Waals surface area contributed by atoms with Crippen molar-refractivity contribution >= 4 is 71.8 Å². The fourth-order valence-electron chi connectivity index (χ4n) is 2.61. The van der Waals surface area contributed by atoms with Crippen LogP contribution in [0.2, 0.25) is 0 Å². The van der Waals surface area contributed by atoms with Crippen molar-refractivity contribution in [2.75, 3.05) is 17.8 Å². The zero-order chi connectivity index (χ0) is 21.0. The number of alkyl halides is 1. The van der Waals surface area contributed by atoms with Gasteiger partial charge in [-0.15, -0.1) is 22.9 Å². The second-order valence-corrected chi connectivity index (χ2v) is 7.85. The van der Waals surface area contributed by atoms with Crippen molar-refractivity contribution in [3.8, 4) is 5.75 Å². The number of carbonyl (C=O) groups excluding carboxylic acids is 3. The molecule has 0 atom stereocenters. The molecule has 6 nitrogen and oxygen atoms in total. The molecule has 9 heteroatoms. The number of esters is 2. The van der Waals surface area contributed by atoms with Crippen molar-refractivity contribution < 1.29 is 23.9 Å². The van der Waals surface area contributed by atoms with E-state index in [9.17, 15) is 14.4 Å². The van der Waals surface area contributed by atoms with Crippen LogP contribution in [-0.2, 0) is 9.53 Å². The topological polar surface area (TPSA) is 81.7 Å². The number of ether oxygens (including phenoxy) is 2. The molecule has 1 aromatic heterocycles. The Bertz CT molecular complexity index is 1080. The van der Waals surface area contributed by atoms with Gasteiger partial charge in [-0.3, -0.25) is 9.59 Å². The lowest BCUT2D eigenvalue weighted by Crippen LogP contribution is -2.14. The van der Waals surface area contributed by atoms with Gasteiger partial charge in [0.2, 0.25) is 0 Å². The van der Waals surface area contributed by atoms with Crippen LogP contribution < -0.4 is 10.1 Å². The number of rotatable bonds is 6. The highest BCUT2D eigenvalue weighted by Crippen LogP contribution is 2.44. The van der Waals surface area contributed by atoms with Gasteiger partial charge < -0.3 is 14.8 Å². The Hall–Kier alpha value is -2.42. The molecule has 0 saturated carbocycles. The van der Waals surface area contributed by atoms with Crippen LogP contribution in [0.3, 0.4) is 0 Å². The zero-order valence-corrected chi connectivity index (χ0v) is 18.3. The van der Waals surface area contributed by atoms with Crippen molar-refractivity contribution in [2.24, 2.45) is 0 Å². The molecule has 0 aliphatic heterocycles. The molecular formula is C20H15BrClNO5S. The summed E-state index contributed by atoms with van der Waals surface area (Å²) in [7, 11) is 0. The molecule has 29 heavy (non-hydrogen) atoms. The van der Waals surface area contributed by atoms with Crippen LogP contribution in [0.15, 0.2) is 46.9 Å². The molecule has 1 heterocycles. The molecule has 150 valence electrons. The smallest absolute Gasteiger partial charge is 0.341 e. The Morgan fingerprint density at radius 3 is 2.52 bits per heavy atom. The number of amides is 1. The molecule has 0 aliphatic carbocycles. The summed E-state index contributed by atoms with van der Waals surface area (Å²) in [5.41, 5.74) is 0.640. The van der Waals surface area contributed by atoms with Crippen LogP contribution in [0.5, 0.6) is 5.75 Å². The van der Waals surface area contributed by atoms with E-state index in [1.54, 1.807) is 49.4 Å². The Labute approximate surface area is 183 Å². The Balaban J connectivity index is 2.13. The van der Waals surface area contributed by atoms with E-state index in [0.717, 1.165) is 11.3 Å². The van der Waals surface area contributed by atoms with Gasteiger partial charge in [-0.2, -0.15) is 0 Å². The third kappa shape index (κ3) is 4.60. The summed E-state index contributed by atoms with van der Waals surface area (Å²) in [4.78, 5) is 37.0. The molecular weight excluding hydrogens is 482 g/mol. The lowest BCUT2D eigenvalue weighted by Gasteiger charge is -2.07. The average molecular weight is 497 g/mol. The normalized spacial score (nSPS) is 10.6. The van der Waals surface area contributed by atoms with E-state index in [1.165, 1.54) is 0 Å². The summed E-state index contributed by atoms with van der Waals surface area (Å²) in [6.45, 7) is 1.87. The van der Waals surface area contributed by atoms with E-state index in [4.69, 9.17) is 21.1 Å². The highest BCUT2D eigenvalue weighted by atomic mass is 79.9.